The highest BCUT2D eigenvalue weighted by atomic mass is 79.9. The molecule has 0 aliphatic carbocycles. The number of benzene rings is 1. The first kappa shape index (κ1) is 8.71. The molecule has 4 N–H and O–H groups in total. The molecule has 0 amide bonds. The summed E-state index contributed by atoms with van der Waals surface area (Å²) in [4.78, 5) is 0. The largest absolute Gasteiger partial charge is 0.329 e. The summed E-state index contributed by atoms with van der Waals surface area (Å²) in [6.45, 7) is 0.475. The Bertz CT molecular complexity index is 237. The molecule has 11 heavy (non-hydrogen) atoms. The summed E-state index contributed by atoms with van der Waals surface area (Å²) in [6.07, 6.45) is 0. The molecule has 1 aromatic rings. The van der Waals surface area contributed by atoms with E-state index in [9.17, 15) is 0 Å². The fourth-order valence-corrected chi connectivity index (χ4v) is 1.48. The maximum atomic E-state index is 5.74. The summed E-state index contributed by atoms with van der Waals surface area (Å²) in [5.41, 5.74) is 12.2. The van der Waals surface area contributed by atoms with Crippen molar-refractivity contribution >= 4 is 15.9 Å². The Balaban J connectivity index is 2.93. The maximum absolute atomic E-state index is 5.74. The second kappa shape index (κ2) is 3.85. The van der Waals surface area contributed by atoms with Gasteiger partial charge in [0.1, 0.15) is 0 Å². The fraction of sp³-hybridized carbons (Fsp3) is 0.250. The molecule has 0 aliphatic rings. The van der Waals surface area contributed by atoms with Crippen LogP contribution in [0.15, 0.2) is 28.7 Å². The van der Waals surface area contributed by atoms with E-state index in [1.165, 1.54) is 0 Å². The third kappa shape index (κ3) is 2.02. The highest BCUT2D eigenvalue weighted by Crippen LogP contribution is 2.20. The maximum Gasteiger partial charge on any atom is 0.0430 e. The zero-order valence-electron chi connectivity index (χ0n) is 6.13. The lowest BCUT2D eigenvalue weighted by Gasteiger charge is -2.10. The van der Waals surface area contributed by atoms with Crippen molar-refractivity contribution in [1.82, 2.24) is 0 Å². The summed E-state index contributed by atoms with van der Waals surface area (Å²) in [5, 5.41) is 0. The predicted molar refractivity (Wildman–Crippen MR) is 50.1 cm³/mol. The summed E-state index contributed by atoms with van der Waals surface area (Å²) >= 11 is 3.40. The van der Waals surface area contributed by atoms with Crippen LogP contribution in [0.25, 0.3) is 0 Å². The Morgan fingerprint density at radius 3 is 2.55 bits per heavy atom. The Labute approximate surface area is 74.7 Å². The quantitative estimate of drug-likeness (QED) is 0.783. The van der Waals surface area contributed by atoms with Gasteiger partial charge in [0, 0.05) is 17.1 Å². The standard InChI is InChI=1S/C8H11BrN2/c9-7-4-2-1-3-6(7)8(11)5-10/h1-4,8H,5,10-11H2/t8-/m0/s1. The fourth-order valence-electron chi connectivity index (χ4n) is 0.903. The van der Waals surface area contributed by atoms with Crippen LogP contribution in [0.1, 0.15) is 11.6 Å². The van der Waals surface area contributed by atoms with Crippen LogP contribution in [0.3, 0.4) is 0 Å². The van der Waals surface area contributed by atoms with Crippen LogP contribution in [0, 0.1) is 0 Å². The normalized spacial score (nSPS) is 13.0. The summed E-state index contributed by atoms with van der Waals surface area (Å²) in [7, 11) is 0. The minimum Gasteiger partial charge on any atom is -0.329 e. The van der Waals surface area contributed by atoms with Crippen molar-refractivity contribution in [2.24, 2.45) is 11.5 Å². The Morgan fingerprint density at radius 1 is 1.36 bits per heavy atom. The average Bonchev–Trinajstić information content (AvgIpc) is 2.04. The SMILES string of the molecule is NC[C@H](N)c1ccccc1Br. The molecule has 0 radical (unpaired) electrons. The summed E-state index contributed by atoms with van der Waals surface area (Å²) < 4.78 is 1.03. The Hall–Kier alpha value is -0.380. The lowest BCUT2D eigenvalue weighted by atomic mass is 10.1. The topological polar surface area (TPSA) is 52.0 Å². The van der Waals surface area contributed by atoms with E-state index in [-0.39, 0.29) is 6.04 Å². The first-order valence-electron chi connectivity index (χ1n) is 3.45. The van der Waals surface area contributed by atoms with Crippen LogP contribution < -0.4 is 11.5 Å². The van der Waals surface area contributed by atoms with Crippen molar-refractivity contribution in [3.63, 3.8) is 0 Å². The average molecular weight is 215 g/mol. The molecule has 0 saturated heterocycles. The molecule has 1 rings (SSSR count). The molecule has 0 heterocycles. The molecule has 2 nitrogen and oxygen atoms in total. The molecule has 0 unspecified atom stereocenters. The Morgan fingerprint density at radius 2 is 2.00 bits per heavy atom. The molecule has 0 aliphatic heterocycles. The molecule has 60 valence electrons. The van der Waals surface area contributed by atoms with Crippen molar-refractivity contribution < 1.29 is 0 Å². The van der Waals surface area contributed by atoms with Gasteiger partial charge < -0.3 is 11.5 Å². The van der Waals surface area contributed by atoms with Gasteiger partial charge in [-0.1, -0.05) is 34.1 Å². The monoisotopic (exact) mass is 214 g/mol. The molecular formula is C8H11BrN2. The van der Waals surface area contributed by atoms with Gasteiger partial charge in [0.2, 0.25) is 0 Å². The van der Waals surface area contributed by atoms with Crippen LogP contribution in [0.2, 0.25) is 0 Å². The van der Waals surface area contributed by atoms with Crippen molar-refractivity contribution in [1.29, 1.82) is 0 Å². The molecule has 0 fully saturated rings. The third-order valence-corrected chi connectivity index (χ3v) is 2.28. The van der Waals surface area contributed by atoms with Gasteiger partial charge in [-0.15, -0.1) is 0 Å². The number of nitrogens with two attached hydrogens (primary N) is 2. The van der Waals surface area contributed by atoms with E-state index in [0.717, 1.165) is 10.0 Å². The smallest absolute Gasteiger partial charge is 0.0430 e. The third-order valence-electron chi connectivity index (χ3n) is 1.56. The molecule has 0 bridgehead atoms. The minimum absolute atomic E-state index is 0.0643. The van der Waals surface area contributed by atoms with Crippen LogP contribution in [-0.4, -0.2) is 6.54 Å². The molecule has 0 spiro atoms. The van der Waals surface area contributed by atoms with Crippen LogP contribution >= 0.6 is 15.9 Å². The first-order chi connectivity index (χ1) is 5.25. The van der Waals surface area contributed by atoms with E-state index >= 15 is 0 Å². The van der Waals surface area contributed by atoms with Crippen molar-refractivity contribution in [2.45, 2.75) is 6.04 Å². The molecule has 1 aromatic carbocycles. The molecule has 0 saturated carbocycles. The van der Waals surface area contributed by atoms with Crippen LogP contribution in [-0.2, 0) is 0 Å². The van der Waals surface area contributed by atoms with Gasteiger partial charge in [-0.25, -0.2) is 0 Å². The van der Waals surface area contributed by atoms with E-state index in [1.54, 1.807) is 0 Å². The van der Waals surface area contributed by atoms with Crippen molar-refractivity contribution in [3.05, 3.63) is 34.3 Å². The lowest BCUT2D eigenvalue weighted by Crippen LogP contribution is -2.20. The van der Waals surface area contributed by atoms with E-state index < -0.39 is 0 Å². The second-order valence-corrected chi connectivity index (χ2v) is 3.22. The van der Waals surface area contributed by atoms with Gasteiger partial charge in [-0.3, -0.25) is 0 Å². The highest BCUT2D eigenvalue weighted by molar-refractivity contribution is 9.10. The number of rotatable bonds is 2. The van der Waals surface area contributed by atoms with Gasteiger partial charge in [0.25, 0.3) is 0 Å². The van der Waals surface area contributed by atoms with Crippen LogP contribution in [0.4, 0.5) is 0 Å². The molecular weight excluding hydrogens is 204 g/mol. The number of hydrogen-bond acceptors (Lipinski definition) is 2. The lowest BCUT2D eigenvalue weighted by molar-refractivity contribution is 0.733. The van der Waals surface area contributed by atoms with E-state index in [0.29, 0.717) is 6.54 Å². The Kier molecular flexibility index (Phi) is 3.05. The second-order valence-electron chi connectivity index (χ2n) is 2.36. The van der Waals surface area contributed by atoms with Gasteiger partial charge in [0.05, 0.1) is 0 Å². The predicted octanol–water partition coefficient (Wildman–Crippen LogP) is 1.41. The summed E-state index contributed by atoms with van der Waals surface area (Å²) in [5.74, 6) is 0. The molecule has 0 aromatic heterocycles. The molecule has 3 heteroatoms. The van der Waals surface area contributed by atoms with Crippen molar-refractivity contribution in [2.75, 3.05) is 6.54 Å². The zero-order chi connectivity index (χ0) is 8.27. The summed E-state index contributed by atoms with van der Waals surface area (Å²) in [6, 6.07) is 7.78. The number of hydrogen-bond donors (Lipinski definition) is 2. The van der Waals surface area contributed by atoms with Gasteiger partial charge in [0.15, 0.2) is 0 Å². The molecule has 1 atom stereocenters. The van der Waals surface area contributed by atoms with Gasteiger partial charge in [-0.05, 0) is 11.6 Å². The first-order valence-corrected chi connectivity index (χ1v) is 4.25. The van der Waals surface area contributed by atoms with Crippen molar-refractivity contribution in [3.8, 4) is 0 Å². The van der Waals surface area contributed by atoms with E-state index in [4.69, 9.17) is 11.5 Å². The zero-order valence-corrected chi connectivity index (χ0v) is 7.71. The van der Waals surface area contributed by atoms with E-state index in [1.807, 2.05) is 24.3 Å². The van der Waals surface area contributed by atoms with Gasteiger partial charge in [-0.2, -0.15) is 0 Å². The highest BCUT2D eigenvalue weighted by Gasteiger charge is 2.05. The van der Waals surface area contributed by atoms with E-state index in [2.05, 4.69) is 15.9 Å². The number of halogens is 1. The van der Waals surface area contributed by atoms with Crippen LogP contribution in [0.5, 0.6) is 0 Å². The minimum atomic E-state index is -0.0643. The van der Waals surface area contributed by atoms with Gasteiger partial charge >= 0.3 is 0 Å².